The average Bonchev–Trinajstić information content (AvgIpc) is 3.31. The molecule has 3 aliphatic rings. The number of aromatic nitrogens is 1. The lowest BCUT2D eigenvalue weighted by Crippen LogP contribution is -2.17. The van der Waals surface area contributed by atoms with Crippen LogP contribution in [0.2, 0.25) is 0 Å². The van der Waals surface area contributed by atoms with Gasteiger partial charge < -0.3 is 9.40 Å². The van der Waals surface area contributed by atoms with Gasteiger partial charge in [0.15, 0.2) is 0 Å². The van der Waals surface area contributed by atoms with E-state index in [0.717, 1.165) is 24.2 Å². The van der Waals surface area contributed by atoms with Crippen LogP contribution in [-0.4, -0.2) is 4.98 Å². The number of furan rings is 1. The Bertz CT molecular complexity index is 1370. The van der Waals surface area contributed by atoms with Crippen LogP contribution in [0.15, 0.2) is 59.0 Å². The molecule has 2 unspecified atom stereocenters. The molecule has 2 aromatic carbocycles. The van der Waals surface area contributed by atoms with Crippen molar-refractivity contribution < 1.29 is 4.42 Å². The fraction of sp³-hybridized carbons (Fsp3) is 0.154. The summed E-state index contributed by atoms with van der Waals surface area (Å²) in [5.41, 5.74) is 8.93. The van der Waals surface area contributed by atoms with Gasteiger partial charge in [-0.15, -0.1) is 0 Å². The van der Waals surface area contributed by atoms with Gasteiger partial charge in [0.1, 0.15) is 11.3 Å². The first-order valence-corrected chi connectivity index (χ1v) is 10.1. The van der Waals surface area contributed by atoms with E-state index in [-0.39, 0.29) is 5.92 Å². The summed E-state index contributed by atoms with van der Waals surface area (Å²) < 4.78 is 6.40. The van der Waals surface area contributed by atoms with Crippen LogP contribution in [0.3, 0.4) is 0 Å². The number of hydrogen-bond donors (Lipinski definition) is 1. The summed E-state index contributed by atoms with van der Waals surface area (Å²) in [4.78, 5) is 3.74. The van der Waals surface area contributed by atoms with E-state index in [4.69, 9.17) is 4.42 Å². The average molecular weight is 361 g/mol. The Morgan fingerprint density at radius 1 is 0.857 bits per heavy atom. The van der Waals surface area contributed by atoms with Gasteiger partial charge in [-0.25, -0.2) is 0 Å². The minimum Gasteiger partial charge on any atom is -0.460 e. The minimum atomic E-state index is 0.243. The number of H-pyrrole nitrogens is 1. The van der Waals surface area contributed by atoms with E-state index in [9.17, 15) is 0 Å². The lowest BCUT2D eigenvalue weighted by atomic mass is 9.73. The number of hydrogen-bond acceptors (Lipinski definition) is 1. The fourth-order valence-corrected chi connectivity index (χ4v) is 5.35. The van der Waals surface area contributed by atoms with Gasteiger partial charge in [-0.1, -0.05) is 66.8 Å². The topological polar surface area (TPSA) is 28.9 Å². The maximum absolute atomic E-state index is 6.40. The number of para-hydroxylation sites is 1. The molecule has 0 saturated carbocycles. The van der Waals surface area contributed by atoms with Gasteiger partial charge in [0.25, 0.3) is 0 Å². The number of allylic oxidation sites excluding steroid dienone is 3. The van der Waals surface area contributed by atoms with Crippen molar-refractivity contribution in [2.45, 2.75) is 18.8 Å². The Kier molecular flexibility index (Phi) is 2.72. The van der Waals surface area contributed by atoms with Gasteiger partial charge in [-0.2, -0.15) is 0 Å². The maximum atomic E-state index is 6.40. The lowest BCUT2D eigenvalue weighted by molar-refractivity contribution is 0.485. The van der Waals surface area contributed by atoms with Crippen LogP contribution in [0.5, 0.6) is 0 Å². The zero-order valence-corrected chi connectivity index (χ0v) is 15.4. The smallest absolute Gasteiger partial charge is 0.134 e. The van der Waals surface area contributed by atoms with Crippen LogP contribution in [0.4, 0.5) is 0 Å². The molecule has 0 bridgehead atoms. The van der Waals surface area contributed by atoms with Crippen LogP contribution < -0.4 is 0 Å². The second-order valence-corrected chi connectivity index (χ2v) is 8.10. The number of rotatable bonds is 0. The van der Waals surface area contributed by atoms with Crippen LogP contribution in [0.1, 0.15) is 46.0 Å². The Morgan fingerprint density at radius 3 is 2.71 bits per heavy atom. The summed E-state index contributed by atoms with van der Waals surface area (Å²) in [5.74, 6) is 1.70. The molecule has 0 fully saturated rings. The highest BCUT2D eigenvalue weighted by molar-refractivity contribution is 5.98. The number of fused-ring (bicyclic) bond motifs is 11. The van der Waals surface area contributed by atoms with E-state index in [2.05, 4.69) is 71.8 Å². The molecular weight excluding hydrogens is 342 g/mol. The Hall–Kier alpha value is -3.26. The molecule has 2 aromatic heterocycles. The van der Waals surface area contributed by atoms with Gasteiger partial charge in [0.05, 0.1) is 11.4 Å². The van der Waals surface area contributed by atoms with Crippen molar-refractivity contribution in [1.29, 1.82) is 0 Å². The van der Waals surface area contributed by atoms with Crippen molar-refractivity contribution in [3.05, 3.63) is 88.3 Å². The molecule has 0 aliphatic heterocycles. The van der Waals surface area contributed by atoms with Gasteiger partial charge in [0, 0.05) is 39.1 Å². The first-order valence-electron chi connectivity index (χ1n) is 10.1. The van der Waals surface area contributed by atoms with Crippen molar-refractivity contribution in [2.24, 2.45) is 5.92 Å². The molecular formula is C26H19NO. The third-order valence-electron chi connectivity index (χ3n) is 6.65. The second-order valence-electron chi connectivity index (χ2n) is 8.10. The summed E-state index contributed by atoms with van der Waals surface area (Å²) in [7, 11) is 0. The molecule has 7 rings (SSSR count). The first kappa shape index (κ1) is 14.8. The van der Waals surface area contributed by atoms with Crippen molar-refractivity contribution in [3.63, 3.8) is 0 Å². The predicted molar refractivity (Wildman–Crippen MR) is 115 cm³/mol. The third kappa shape index (κ3) is 1.78. The molecule has 0 radical (unpaired) electrons. The molecule has 3 aliphatic carbocycles. The minimum absolute atomic E-state index is 0.243. The van der Waals surface area contributed by atoms with Gasteiger partial charge in [0.2, 0.25) is 0 Å². The number of aryl methyl sites for hydroxylation is 1. The van der Waals surface area contributed by atoms with E-state index in [1.807, 2.05) is 6.07 Å². The predicted octanol–water partition coefficient (Wildman–Crippen LogP) is 6.68. The molecule has 2 heteroatoms. The Morgan fingerprint density at radius 2 is 1.75 bits per heavy atom. The molecule has 0 amide bonds. The van der Waals surface area contributed by atoms with Crippen LogP contribution in [-0.2, 0) is 6.42 Å². The molecule has 2 atom stereocenters. The highest BCUT2D eigenvalue weighted by Gasteiger charge is 2.35. The largest absolute Gasteiger partial charge is 0.460 e. The number of nitrogens with one attached hydrogen (secondary N) is 1. The monoisotopic (exact) mass is 361 g/mol. The lowest BCUT2D eigenvalue weighted by Gasteiger charge is -2.30. The zero-order chi connectivity index (χ0) is 18.2. The van der Waals surface area contributed by atoms with Crippen LogP contribution >= 0.6 is 0 Å². The highest BCUT2D eigenvalue weighted by Crippen LogP contribution is 2.48. The normalized spacial score (nSPS) is 21.6. The molecule has 2 heterocycles. The fourth-order valence-electron chi connectivity index (χ4n) is 5.35. The zero-order valence-electron chi connectivity index (χ0n) is 15.4. The summed E-state index contributed by atoms with van der Waals surface area (Å²) >= 11 is 0. The van der Waals surface area contributed by atoms with Crippen molar-refractivity contribution in [1.82, 2.24) is 4.98 Å². The van der Waals surface area contributed by atoms with Gasteiger partial charge in [-0.3, -0.25) is 0 Å². The van der Waals surface area contributed by atoms with Crippen molar-refractivity contribution in [2.75, 3.05) is 0 Å². The third-order valence-corrected chi connectivity index (χ3v) is 6.65. The highest BCUT2D eigenvalue weighted by atomic mass is 16.3. The summed E-state index contributed by atoms with van der Waals surface area (Å²) in [5, 5.41) is 2.55. The second kappa shape index (κ2) is 5.17. The van der Waals surface area contributed by atoms with Crippen molar-refractivity contribution in [3.8, 4) is 0 Å². The van der Waals surface area contributed by atoms with Crippen molar-refractivity contribution >= 4 is 40.1 Å². The van der Waals surface area contributed by atoms with E-state index >= 15 is 0 Å². The molecule has 4 aromatic rings. The maximum Gasteiger partial charge on any atom is 0.134 e. The van der Waals surface area contributed by atoms with E-state index in [1.54, 1.807) is 0 Å². The molecule has 2 nitrogen and oxygen atoms in total. The Labute approximate surface area is 162 Å². The summed E-state index contributed by atoms with van der Waals surface area (Å²) in [6, 6.07) is 13.0. The van der Waals surface area contributed by atoms with Gasteiger partial charge >= 0.3 is 0 Å². The van der Waals surface area contributed by atoms with Crippen LogP contribution in [0, 0.1) is 5.92 Å². The van der Waals surface area contributed by atoms with E-state index in [1.165, 1.54) is 44.2 Å². The van der Waals surface area contributed by atoms with E-state index < -0.39 is 0 Å². The molecule has 28 heavy (non-hydrogen) atoms. The van der Waals surface area contributed by atoms with E-state index in [0.29, 0.717) is 5.92 Å². The van der Waals surface area contributed by atoms with Gasteiger partial charge in [-0.05, 0) is 24.5 Å². The molecule has 0 spiro atoms. The summed E-state index contributed by atoms with van der Waals surface area (Å²) in [6.45, 7) is 0. The number of aromatic amines is 1. The SMILES string of the molecule is C1=Cc2c([nH]c3c4c(ccc23)C2c3oc5ccccc5c3C=CC2C=C4)CC1. The number of benzene rings is 2. The standard InChI is InChI=1S/C26H19NO/c1-3-7-22-16(5-1)19-14-13-18-20(25(19)27-22)11-9-15-10-12-21-17-6-2-4-8-23(17)28-26(21)24(15)18/h1-2,4-6,8-15,24,27H,3,7H2. The quantitative estimate of drug-likeness (QED) is 0.372. The molecule has 1 N–H and O–H groups in total. The first-order chi connectivity index (χ1) is 13.9. The molecule has 134 valence electrons. The Balaban J connectivity index is 1.51. The molecule has 0 saturated heterocycles. The van der Waals surface area contributed by atoms with Crippen LogP contribution in [0.25, 0.3) is 40.1 Å². The summed E-state index contributed by atoms with van der Waals surface area (Å²) in [6.07, 6.45) is 16.0.